The molecule has 0 aromatic carbocycles. The summed E-state index contributed by atoms with van der Waals surface area (Å²) in [7, 11) is 0. The van der Waals surface area contributed by atoms with Crippen molar-refractivity contribution in [3.05, 3.63) is 170 Å². The van der Waals surface area contributed by atoms with E-state index in [4.69, 9.17) is 14.2 Å². The average Bonchev–Trinajstić information content (AvgIpc) is 3.35. The van der Waals surface area contributed by atoms with E-state index in [1.165, 1.54) is 25.7 Å². The lowest BCUT2D eigenvalue weighted by molar-refractivity contribution is -0.166. The van der Waals surface area contributed by atoms with Gasteiger partial charge in [0.05, 0.1) is 0 Å². The third-order valence-electron chi connectivity index (χ3n) is 10.2. The molecule has 1 atom stereocenters. The first-order valence-corrected chi connectivity index (χ1v) is 26.6. The Labute approximate surface area is 422 Å². The van der Waals surface area contributed by atoms with E-state index in [0.29, 0.717) is 19.3 Å². The lowest BCUT2D eigenvalue weighted by Gasteiger charge is -2.18. The lowest BCUT2D eigenvalue weighted by Crippen LogP contribution is -2.30. The van der Waals surface area contributed by atoms with Crippen LogP contribution in [0.5, 0.6) is 0 Å². The predicted octanol–water partition coefficient (Wildman–Crippen LogP) is 18.0. The summed E-state index contributed by atoms with van der Waals surface area (Å²) in [5, 5.41) is 0. The van der Waals surface area contributed by atoms with Crippen molar-refractivity contribution >= 4 is 17.9 Å². The van der Waals surface area contributed by atoms with Crippen LogP contribution >= 0.6 is 0 Å². The average molecular weight is 947 g/mol. The summed E-state index contributed by atoms with van der Waals surface area (Å²) in [5.41, 5.74) is 0. The normalized spacial score (nSPS) is 13.5. The predicted molar refractivity (Wildman–Crippen MR) is 297 cm³/mol. The Morgan fingerprint density at radius 3 is 0.942 bits per heavy atom. The fraction of sp³-hybridized carbons (Fsp3) is 0.508. The lowest BCUT2D eigenvalue weighted by atomic mass is 10.1. The SMILES string of the molecule is CC/C=C\C/C=C\C/C=C\C/C=C\C/C=C\C/C=C\CCC(=O)O[C@H](COC(=O)CCC/C=C\C/C=C\C/C=C\C/C=C\C/C=C\CC)COC(=O)CCCC/C=C\C/C=C\C/C=C\CCCCC. The van der Waals surface area contributed by atoms with Crippen molar-refractivity contribution in [2.45, 2.75) is 194 Å². The van der Waals surface area contributed by atoms with Crippen LogP contribution in [0.15, 0.2) is 170 Å². The number of carbonyl (C=O) groups is 3. The van der Waals surface area contributed by atoms with Gasteiger partial charge in [-0.3, -0.25) is 14.4 Å². The number of unbranched alkanes of at least 4 members (excludes halogenated alkanes) is 6. The van der Waals surface area contributed by atoms with E-state index >= 15 is 0 Å². The molecule has 0 saturated heterocycles. The minimum atomic E-state index is -0.866. The Bertz CT molecular complexity index is 1650. The molecule has 0 aromatic rings. The zero-order chi connectivity index (χ0) is 50.0. The molecule has 0 spiro atoms. The van der Waals surface area contributed by atoms with E-state index in [1.807, 2.05) is 12.2 Å². The molecular formula is C63H94O6. The van der Waals surface area contributed by atoms with E-state index in [1.54, 1.807) is 0 Å². The van der Waals surface area contributed by atoms with Crippen LogP contribution in [0.4, 0.5) is 0 Å². The van der Waals surface area contributed by atoms with Gasteiger partial charge in [-0.05, 0) is 135 Å². The summed E-state index contributed by atoms with van der Waals surface area (Å²) in [4.78, 5) is 38.0. The van der Waals surface area contributed by atoms with Crippen molar-refractivity contribution in [1.29, 1.82) is 0 Å². The summed E-state index contributed by atoms with van der Waals surface area (Å²) < 4.78 is 16.7. The van der Waals surface area contributed by atoms with Gasteiger partial charge in [0.2, 0.25) is 0 Å². The van der Waals surface area contributed by atoms with Gasteiger partial charge >= 0.3 is 17.9 Å². The Morgan fingerprint density at radius 2 is 0.594 bits per heavy atom. The van der Waals surface area contributed by atoms with Crippen LogP contribution in [0.1, 0.15) is 188 Å². The quantitative estimate of drug-likeness (QED) is 0.0262. The molecule has 0 amide bonds. The van der Waals surface area contributed by atoms with Gasteiger partial charge in [-0.15, -0.1) is 0 Å². The minimum Gasteiger partial charge on any atom is -0.462 e. The molecule has 69 heavy (non-hydrogen) atoms. The Morgan fingerprint density at radius 1 is 0.304 bits per heavy atom. The molecule has 0 aromatic heterocycles. The Kier molecular flexibility index (Phi) is 51.2. The summed E-state index contributed by atoms with van der Waals surface area (Å²) in [6, 6.07) is 0. The second kappa shape index (κ2) is 55.4. The Hall–Kier alpha value is -5.23. The van der Waals surface area contributed by atoms with Crippen molar-refractivity contribution < 1.29 is 28.6 Å². The van der Waals surface area contributed by atoms with Crippen LogP contribution in [0.2, 0.25) is 0 Å². The van der Waals surface area contributed by atoms with Crippen LogP contribution in [-0.2, 0) is 28.6 Å². The van der Waals surface area contributed by atoms with Gasteiger partial charge in [0.15, 0.2) is 6.10 Å². The standard InChI is InChI=1S/C63H94O6/c1-4-7-10-13-16-19-22-25-28-30-31-33-36-39-42-45-48-51-54-57-63(66)69-60(58-67-61(64)55-52-49-46-43-40-37-34-27-24-21-18-15-12-9-6-3)59-68-62(65)56-53-50-47-44-41-38-35-32-29-26-23-20-17-14-11-8-5-2/h7-8,10-11,16-21,25-29,31,33-35,38-40,42-44,47-48,51,60H,4-6,9,12-15,22-24,30,32,36-37,41,45-46,49-50,52-59H2,1-3H3/b10-7-,11-8-,19-16-,20-17-,21-18-,28-25-,29-26-,33-31-,34-27-,38-35-,42-39-,43-40-,47-44-,51-48-/t60-/m0/s1. The largest absolute Gasteiger partial charge is 0.462 e. The molecule has 0 unspecified atom stereocenters. The highest BCUT2D eigenvalue weighted by atomic mass is 16.6. The fourth-order valence-corrected chi connectivity index (χ4v) is 6.27. The first-order chi connectivity index (χ1) is 34.0. The molecule has 0 aliphatic rings. The van der Waals surface area contributed by atoms with Crippen LogP contribution < -0.4 is 0 Å². The summed E-state index contributed by atoms with van der Waals surface area (Å²) in [5.74, 6) is -1.15. The zero-order valence-electron chi connectivity index (χ0n) is 43.5. The van der Waals surface area contributed by atoms with Crippen LogP contribution in [0, 0.1) is 0 Å². The molecule has 0 N–H and O–H groups in total. The van der Waals surface area contributed by atoms with Crippen LogP contribution in [0.25, 0.3) is 0 Å². The third kappa shape index (κ3) is 53.6. The number of carbonyl (C=O) groups excluding carboxylic acids is 3. The molecule has 0 bridgehead atoms. The highest BCUT2D eigenvalue weighted by Crippen LogP contribution is 2.09. The number of rotatable bonds is 45. The number of esters is 3. The molecule has 0 radical (unpaired) electrons. The minimum absolute atomic E-state index is 0.155. The maximum atomic E-state index is 12.8. The summed E-state index contributed by atoms with van der Waals surface area (Å²) in [6.45, 7) is 6.20. The zero-order valence-corrected chi connectivity index (χ0v) is 43.5. The smallest absolute Gasteiger partial charge is 0.306 e. The molecule has 382 valence electrons. The van der Waals surface area contributed by atoms with Gasteiger partial charge in [0, 0.05) is 19.3 Å². The van der Waals surface area contributed by atoms with E-state index in [0.717, 1.165) is 103 Å². The van der Waals surface area contributed by atoms with E-state index in [9.17, 15) is 14.4 Å². The molecule has 0 aliphatic heterocycles. The maximum Gasteiger partial charge on any atom is 0.306 e. The van der Waals surface area contributed by atoms with Crippen LogP contribution in [0.3, 0.4) is 0 Å². The van der Waals surface area contributed by atoms with E-state index in [-0.39, 0.29) is 44.4 Å². The fourth-order valence-electron chi connectivity index (χ4n) is 6.27. The third-order valence-corrected chi connectivity index (χ3v) is 10.2. The topological polar surface area (TPSA) is 78.9 Å². The van der Waals surface area contributed by atoms with Gasteiger partial charge in [0.25, 0.3) is 0 Å². The molecule has 0 heterocycles. The maximum absolute atomic E-state index is 12.8. The number of hydrogen-bond donors (Lipinski definition) is 0. The van der Waals surface area contributed by atoms with Crippen molar-refractivity contribution in [2.75, 3.05) is 13.2 Å². The monoisotopic (exact) mass is 947 g/mol. The van der Waals surface area contributed by atoms with Gasteiger partial charge in [-0.2, -0.15) is 0 Å². The molecule has 0 aliphatic carbocycles. The van der Waals surface area contributed by atoms with Gasteiger partial charge in [0.1, 0.15) is 13.2 Å². The first kappa shape index (κ1) is 63.8. The molecule has 0 fully saturated rings. The second-order valence-electron chi connectivity index (χ2n) is 16.7. The van der Waals surface area contributed by atoms with Crippen molar-refractivity contribution in [2.24, 2.45) is 0 Å². The number of ether oxygens (including phenoxy) is 3. The second-order valence-corrected chi connectivity index (χ2v) is 16.7. The summed E-state index contributed by atoms with van der Waals surface area (Å²) in [6.07, 6.45) is 82.1. The summed E-state index contributed by atoms with van der Waals surface area (Å²) >= 11 is 0. The van der Waals surface area contributed by atoms with Gasteiger partial charge in [-0.25, -0.2) is 0 Å². The molecule has 0 rings (SSSR count). The van der Waals surface area contributed by atoms with Gasteiger partial charge in [-0.1, -0.05) is 204 Å². The molecule has 0 saturated carbocycles. The number of allylic oxidation sites excluding steroid dienone is 28. The first-order valence-electron chi connectivity index (χ1n) is 26.6. The van der Waals surface area contributed by atoms with E-state index in [2.05, 4.69) is 179 Å². The number of hydrogen-bond acceptors (Lipinski definition) is 6. The van der Waals surface area contributed by atoms with Crippen molar-refractivity contribution in [3.63, 3.8) is 0 Å². The molecular weight excluding hydrogens is 853 g/mol. The molecule has 6 nitrogen and oxygen atoms in total. The van der Waals surface area contributed by atoms with Gasteiger partial charge < -0.3 is 14.2 Å². The Balaban J connectivity index is 4.70. The van der Waals surface area contributed by atoms with E-state index < -0.39 is 12.1 Å². The highest BCUT2D eigenvalue weighted by molar-refractivity contribution is 5.71. The highest BCUT2D eigenvalue weighted by Gasteiger charge is 2.19. The van der Waals surface area contributed by atoms with Crippen molar-refractivity contribution in [3.8, 4) is 0 Å². The van der Waals surface area contributed by atoms with Crippen LogP contribution in [-0.4, -0.2) is 37.2 Å². The van der Waals surface area contributed by atoms with Crippen molar-refractivity contribution in [1.82, 2.24) is 0 Å². The molecule has 6 heteroatoms.